The fourth-order valence-corrected chi connectivity index (χ4v) is 2.75. The second kappa shape index (κ2) is 2.85. The SMILES string of the molecule is CC(C)(C)C1=NS(=O)(=O)c2ncncc21. The molecule has 0 radical (unpaired) electrons. The number of fused-ring (bicyclic) bond motifs is 1. The second-order valence-electron chi connectivity index (χ2n) is 4.41. The van der Waals surface area contributed by atoms with Crippen molar-refractivity contribution in [2.24, 2.45) is 9.81 Å². The molecule has 0 N–H and O–H groups in total. The molecule has 15 heavy (non-hydrogen) atoms. The third kappa shape index (κ3) is 1.54. The topological polar surface area (TPSA) is 72.3 Å². The summed E-state index contributed by atoms with van der Waals surface area (Å²) in [5.74, 6) is 0. The predicted octanol–water partition coefficient (Wildman–Crippen LogP) is 1.01. The van der Waals surface area contributed by atoms with Gasteiger partial charge in [-0.25, -0.2) is 9.97 Å². The molecule has 0 saturated heterocycles. The highest BCUT2D eigenvalue weighted by atomic mass is 32.2. The monoisotopic (exact) mass is 225 g/mol. The van der Waals surface area contributed by atoms with Crippen LogP contribution in [-0.4, -0.2) is 24.1 Å². The molecule has 2 heterocycles. The van der Waals surface area contributed by atoms with Crippen LogP contribution in [0.15, 0.2) is 21.9 Å². The van der Waals surface area contributed by atoms with E-state index in [1.165, 1.54) is 12.5 Å². The molecule has 0 bridgehead atoms. The summed E-state index contributed by atoms with van der Waals surface area (Å²) >= 11 is 0. The number of hydrogen-bond donors (Lipinski definition) is 0. The van der Waals surface area contributed by atoms with E-state index in [1.807, 2.05) is 20.8 Å². The van der Waals surface area contributed by atoms with Gasteiger partial charge in [0.25, 0.3) is 0 Å². The first-order valence-corrected chi connectivity index (χ1v) is 5.92. The van der Waals surface area contributed by atoms with Gasteiger partial charge in [-0.05, 0) is 0 Å². The summed E-state index contributed by atoms with van der Waals surface area (Å²) in [5.41, 5.74) is 0.714. The van der Waals surface area contributed by atoms with Crippen molar-refractivity contribution in [3.8, 4) is 0 Å². The average Bonchev–Trinajstić information content (AvgIpc) is 2.39. The van der Waals surface area contributed by atoms with E-state index in [-0.39, 0.29) is 10.4 Å². The van der Waals surface area contributed by atoms with Crippen molar-refractivity contribution in [3.63, 3.8) is 0 Å². The van der Waals surface area contributed by atoms with E-state index >= 15 is 0 Å². The molecule has 0 unspecified atom stereocenters. The average molecular weight is 225 g/mol. The molecule has 1 aliphatic heterocycles. The van der Waals surface area contributed by atoms with Crippen molar-refractivity contribution in [3.05, 3.63) is 18.1 Å². The van der Waals surface area contributed by atoms with E-state index in [4.69, 9.17) is 0 Å². The number of nitrogens with zero attached hydrogens (tertiary/aromatic N) is 3. The van der Waals surface area contributed by atoms with Crippen LogP contribution in [0.4, 0.5) is 0 Å². The zero-order valence-corrected chi connectivity index (χ0v) is 9.54. The fourth-order valence-electron chi connectivity index (χ4n) is 1.44. The molecule has 0 aliphatic carbocycles. The molecule has 0 saturated carbocycles. The summed E-state index contributed by atoms with van der Waals surface area (Å²) in [6, 6.07) is 0. The first-order valence-electron chi connectivity index (χ1n) is 4.48. The summed E-state index contributed by atoms with van der Waals surface area (Å²) in [5, 5.41) is 0.0161. The maximum Gasteiger partial charge on any atom is 0.300 e. The Hall–Kier alpha value is -1.30. The van der Waals surface area contributed by atoms with Gasteiger partial charge >= 0.3 is 10.0 Å². The molecule has 1 aliphatic rings. The molecule has 6 heteroatoms. The van der Waals surface area contributed by atoms with Crippen molar-refractivity contribution < 1.29 is 8.42 Å². The van der Waals surface area contributed by atoms with Crippen molar-refractivity contribution in [2.45, 2.75) is 25.8 Å². The van der Waals surface area contributed by atoms with Gasteiger partial charge in [0.1, 0.15) is 6.33 Å². The first kappa shape index (κ1) is 10.2. The molecule has 0 atom stereocenters. The van der Waals surface area contributed by atoms with Crippen LogP contribution in [0.3, 0.4) is 0 Å². The summed E-state index contributed by atoms with van der Waals surface area (Å²) in [4.78, 5) is 7.59. The van der Waals surface area contributed by atoms with Gasteiger partial charge in [-0.3, -0.25) is 0 Å². The summed E-state index contributed by atoms with van der Waals surface area (Å²) < 4.78 is 27.0. The van der Waals surface area contributed by atoms with Crippen LogP contribution >= 0.6 is 0 Å². The Labute approximate surface area is 88.3 Å². The fraction of sp³-hybridized carbons (Fsp3) is 0.444. The van der Waals surface area contributed by atoms with E-state index in [0.29, 0.717) is 11.3 Å². The molecule has 80 valence electrons. The molecule has 1 aromatic rings. The lowest BCUT2D eigenvalue weighted by atomic mass is 9.87. The zero-order valence-electron chi connectivity index (χ0n) is 8.72. The largest absolute Gasteiger partial charge is 0.300 e. The Morgan fingerprint density at radius 1 is 1.27 bits per heavy atom. The Bertz CT molecular complexity index is 541. The van der Waals surface area contributed by atoms with Gasteiger partial charge < -0.3 is 0 Å². The van der Waals surface area contributed by atoms with Gasteiger partial charge in [-0.1, -0.05) is 20.8 Å². The Balaban J connectivity index is 2.75. The molecule has 0 aromatic carbocycles. The highest BCUT2D eigenvalue weighted by Crippen LogP contribution is 2.31. The van der Waals surface area contributed by atoms with Crippen LogP contribution in [0.2, 0.25) is 0 Å². The van der Waals surface area contributed by atoms with Crippen LogP contribution < -0.4 is 0 Å². The third-order valence-corrected chi connectivity index (χ3v) is 3.33. The molecule has 1 aromatic heterocycles. The molecule has 0 fully saturated rings. The van der Waals surface area contributed by atoms with E-state index < -0.39 is 10.0 Å². The predicted molar refractivity (Wildman–Crippen MR) is 55.2 cm³/mol. The van der Waals surface area contributed by atoms with Crippen molar-refractivity contribution in [2.75, 3.05) is 0 Å². The Kier molecular flexibility index (Phi) is 1.94. The van der Waals surface area contributed by atoms with E-state index in [1.54, 1.807) is 0 Å². The molecule has 5 nitrogen and oxygen atoms in total. The van der Waals surface area contributed by atoms with Gasteiger partial charge in [0.2, 0.25) is 0 Å². The number of rotatable bonds is 0. The molecular formula is C9H11N3O2S. The zero-order chi connectivity index (χ0) is 11.3. The van der Waals surface area contributed by atoms with E-state index in [0.717, 1.165) is 0 Å². The van der Waals surface area contributed by atoms with Crippen LogP contribution in [0, 0.1) is 5.41 Å². The first-order chi connectivity index (χ1) is 6.82. The minimum absolute atomic E-state index is 0.0161. The molecule has 2 rings (SSSR count). The van der Waals surface area contributed by atoms with Crippen molar-refractivity contribution >= 4 is 15.7 Å². The standard InChI is InChI=1S/C9H11N3O2S/c1-9(2,3)7-6-4-10-5-11-8(6)15(13,14)12-7/h4-5H,1-3H3. The quantitative estimate of drug-likeness (QED) is 0.618. The highest BCUT2D eigenvalue weighted by Gasteiger charge is 2.36. The van der Waals surface area contributed by atoms with Gasteiger partial charge in [-0.15, -0.1) is 0 Å². The van der Waals surface area contributed by atoms with Gasteiger partial charge in [-0.2, -0.15) is 12.8 Å². The summed E-state index contributed by atoms with van der Waals surface area (Å²) in [6.45, 7) is 5.72. The molecule has 0 amide bonds. The number of aromatic nitrogens is 2. The highest BCUT2D eigenvalue weighted by molar-refractivity contribution is 7.90. The van der Waals surface area contributed by atoms with Gasteiger partial charge in [0, 0.05) is 11.6 Å². The van der Waals surface area contributed by atoms with Gasteiger partial charge in [0.05, 0.1) is 11.3 Å². The maximum atomic E-state index is 11.6. The number of hydrogen-bond acceptors (Lipinski definition) is 4. The minimum atomic E-state index is -3.60. The molecular weight excluding hydrogens is 214 g/mol. The van der Waals surface area contributed by atoms with Crippen LogP contribution in [-0.2, 0) is 10.0 Å². The second-order valence-corrected chi connectivity index (χ2v) is 5.93. The Morgan fingerprint density at radius 3 is 2.53 bits per heavy atom. The van der Waals surface area contributed by atoms with Crippen LogP contribution in [0.1, 0.15) is 26.3 Å². The summed E-state index contributed by atoms with van der Waals surface area (Å²) in [6.07, 6.45) is 2.72. The van der Waals surface area contributed by atoms with Crippen LogP contribution in [0.25, 0.3) is 0 Å². The number of sulfonamides is 1. The molecule has 0 spiro atoms. The van der Waals surface area contributed by atoms with E-state index in [2.05, 4.69) is 14.4 Å². The Morgan fingerprint density at radius 2 is 1.93 bits per heavy atom. The van der Waals surface area contributed by atoms with Crippen molar-refractivity contribution in [1.29, 1.82) is 0 Å². The lowest BCUT2D eigenvalue weighted by Crippen LogP contribution is -2.20. The smallest absolute Gasteiger partial charge is 0.244 e. The lowest BCUT2D eigenvalue weighted by Gasteiger charge is -2.17. The maximum absolute atomic E-state index is 11.6. The normalized spacial score (nSPS) is 18.5. The third-order valence-electron chi connectivity index (χ3n) is 2.10. The van der Waals surface area contributed by atoms with E-state index in [9.17, 15) is 8.42 Å². The van der Waals surface area contributed by atoms with Gasteiger partial charge in [0.15, 0.2) is 5.03 Å². The summed E-state index contributed by atoms with van der Waals surface area (Å²) in [7, 11) is -3.60. The van der Waals surface area contributed by atoms with Crippen LogP contribution in [0.5, 0.6) is 0 Å². The minimum Gasteiger partial charge on any atom is -0.244 e. The lowest BCUT2D eigenvalue weighted by molar-refractivity contribution is 0.589. The van der Waals surface area contributed by atoms with Crippen molar-refractivity contribution in [1.82, 2.24) is 9.97 Å².